The summed E-state index contributed by atoms with van der Waals surface area (Å²) in [6.07, 6.45) is 0. The van der Waals surface area contributed by atoms with Gasteiger partial charge in [0.05, 0.1) is 0 Å². The zero-order valence-electron chi connectivity index (χ0n) is 15.8. The quantitative estimate of drug-likeness (QED) is 0.0919. The molecular formula is C16H4F8N6O4. The van der Waals surface area contributed by atoms with Gasteiger partial charge in [-0.2, -0.15) is 0 Å². The van der Waals surface area contributed by atoms with E-state index in [9.17, 15) is 44.7 Å². The zero-order chi connectivity index (χ0) is 25.7. The molecule has 0 aliphatic rings. The van der Waals surface area contributed by atoms with E-state index in [-0.39, 0.29) is 0 Å². The van der Waals surface area contributed by atoms with E-state index < -0.39 is 94.2 Å². The number of azide groups is 2. The van der Waals surface area contributed by atoms with Crippen molar-refractivity contribution in [1.29, 1.82) is 0 Å². The number of hydrogen-bond acceptors (Lipinski definition) is 6. The third kappa shape index (κ3) is 4.62. The molecule has 10 nitrogen and oxygen atoms in total. The predicted molar refractivity (Wildman–Crippen MR) is 90.7 cm³/mol. The van der Waals surface area contributed by atoms with Gasteiger partial charge in [0.15, 0.2) is 46.5 Å². The van der Waals surface area contributed by atoms with Crippen molar-refractivity contribution in [2.45, 2.75) is 0 Å². The fourth-order valence-corrected chi connectivity index (χ4v) is 2.28. The van der Waals surface area contributed by atoms with Gasteiger partial charge in [-0.05, 0) is 11.1 Å². The Hall–Kier alpha value is -4.56. The van der Waals surface area contributed by atoms with Crippen LogP contribution < -0.4 is 0 Å². The fraction of sp³-hybridized carbons (Fsp3) is 0.125. The van der Waals surface area contributed by atoms with Gasteiger partial charge in [-0.1, -0.05) is 10.2 Å². The van der Waals surface area contributed by atoms with E-state index in [1.54, 1.807) is 0 Å². The van der Waals surface area contributed by atoms with Crippen LogP contribution in [-0.4, -0.2) is 25.2 Å². The second-order valence-electron chi connectivity index (χ2n) is 5.61. The lowest BCUT2D eigenvalue weighted by Crippen LogP contribution is -2.19. The number of carbonyl (C=O) groups is 2. The molecule has 0 radical (unpaired) electrons. The van der Waals surface area contributed by atoms with Crippen molar-refractivity contribution in [3.63, 3.8) is 0 Å². The Bertz CT molecular complexity index is 1150. The van der Waals surface area contributed by atoms with Gasteiger partial charge in [0.25, 0.3) is 0 Å². The van der Waals surface area contributed by atoms with Crippen LogP contribution in [0.4, 0.5) is 46.5 Å². The summed E-state index contributed by atoms with van der Waals surface area (Å²) < 4.78 is 119. The van der Waals surface area contributed by atoms with Crippen LogP contribution in [0.3, 0.4) is 0 Å². The number of nitrogens with zero attached hydrogens (tertiary/aromatic N) is 6. The van der Waals surface area contributed by atoms with Crippen LogP contribution in [-0.2, 0) is 9.47 Å². The van der Waals surface area contributed by atoms with Crippen molar-refractivity contribution in [1.82, 2.24) is 0 Å². The lowest BCUT2D eigenvalue weighted by Gasteiger charge is -2.11. The van der Waals surface area contributed by atoms with E-state index in [2.05, 4.69) is 19.7 Å². The van der Waals surface area contributed by atoms with Crippen molar-refractivity contribution in [2.24, 2.45) is 10.2 Å². The normalized spacial score (nSPS) is 10.2. The monoisotopic (exact) mass is 496 g/mol. The van der Waals surface area contributed by atoms with E-state index in [0.717, 1.165) is 0 Å². The van der Waals surface area contributed by atoms with Crippen molar-refractivity contribution < 1.29 is 54.2 Å². The first kappa shape index (κ1) is 25.7. The van der Waals surface area contributed by atoms with Gasteiger partial charge in [-0.3, -0.25) is 0 Å². The summed E-state index contributed by atoms with van der Waals surface area (Å²) in [6.45, 7) is -2.26. The summed E-state index contributed by atoms with van der Waals surface area (Å²) >= 11 is 0. The number of benzene rings is 2. The molecule has 0 saturated carbocycles. The first-order chi connectivity index (χ1) is 16.0. The number of carbonyl (C=O) groups excluding carboxylic acids is 2. The van der Waals surface area contributed by atoms with E-state index >= 15 is 0 Å². The summed E-state index contributed by atoms with van der Waals surface area (Å²) in [7, 11) is 0. The van der Waals surface area contributed by atoms with Crippen molar-refractivity contribution in [3.8, 4) is 0 Å². The molecule has 0 aliphatic carbocycles. The zero-order valence-corrected chi connectivity index (χ0v) is 15.8. The third-order valence-corrected chi connectivity index (χ3v) is 3.73. The highest BCUT2D eigenvalue weighted by atomic mass is 19.2. The number of halogens is 8. The second kappa shape index (κ2) is 10.4. The standard InChI is InChI=1S/C16H4F8N6O4/c17-5-3(6(18)10(22)13(9(5)21)27-29-25)15(31)33-1-2-34-16(32)4-7(19)11(23)14(28-30-26)12(24)8(4)20/h1-2H2. The Morgan fingerprint density at radius 1 is 0.588 bits per heavy atom. The molecule has 0 heterocycles. The summed E-state index contributed by atoms with van der Waals surface area (Å²) in [4.78, 5) is 27.4. The van der Waals surface area contributed by atoms with E-state index in [1.807, 2.05) is 9.82 Å². The van der Waals surface area contributed by atoms with Crippen LogP contribution in [0.25, 0.3) is 20.9 Å². The molecule has 18 heteroatoms. The Balaban J connectivity index is 2.16. The fourth-order valence-electron chi connectivity index (χ4n) is 2.28. The largest absolute Gasteiger partial charge is 0.458 e. The van der Waals surface area contributed by atoms with Gasteiger partial charge in [-0.15, -0.1) is 0 Å². The van der Waals surface area contributed by atoms with Crippen LogP contribution in [0.2, 0.25) is 0 Å². The van der Waals surface area contributed by atoms with Gasteiger partial charge in [0.1, 0.15) is 35.7 Å². The maximum absolute atomic E-state index is 13.9. The van der Waals surface area contributed by atoms with Crippen molar-refractivity contribution >= 4 is 23.3 Å². The molecule has 0 unspecified atom stereocenters. The van der Waals surface area contributed by atoms with Gasteiger partial charge in [0, 0.05) is 9.82 Å². The average Bonchev–Trinajstić information content (AvgIpc) is 2.80. The summed E-state index contributed by atoms with van der Waals surface area (Å²) in [6, 6.07) is 0. The molecule has 0 N–H and O–H groups in total. The molecule has 0 amide bonds. The number of ether oxygens (including phenoxy) is 2. The SMILES string of the molecule is [N-]=[N+]=Nc1c(F)c(F)c(C(=O)OCCOC(=O)c2c(F)c(F)c(N=[N+]=[N-])c(F)c2F)c(F)c1F. The molecule has 2 aromatic rings. The minimum Gasteiger partial charge on any atom is -0.458 e. The first-order valence-electron chi connectivity index (χ1n) is 8.15. The molecule has 178 valence electrons. The van der Waals surface area contributed by atoms with Gasteiger partial charge in [-0.25, -0.2) is 44.7 Å². The Kier molecular flexibility index (Phi) is 7.84. The summed E-state index contributed by atoms with van der Waals surface area (Å²) in [5, 5.41) is 4.79. The molecule has 0 atom stereocenters. The predicted octanol–water partition coefficient (Wildman–Crippen LogP) is 5.70. The van der Waals surface area contributed by atoms with Crippen LogP contribution >= 0.6 is 0 Å². The lowest BCUT2D eigenvalue weighted by atomic mass is 10.1. The molecule has 34 heavy (non-hydrogen) atoms. The van der Waals surface area contributed by atoms with E-state index in [0.29, 0.717) is 0 Å². The average molecular weight is 496 g/mol. The third-order valence-electron chi connectivity index (χ3n) is 3.73. The molecule has 0 aliphatic heterocycles. The molecule has 0 aromatic heterocycles. The Morgan fingerprint density at radius 3 is 1.09 bits per heavy atom. The van der Waals surface area contributed by atoms with Crippen LogP contribution in [0.1, 0.15) is 20.7 Å². The maximum Gasteiger partial charge on any atom is 0.344 e. The molecule has 0 saturated heterocycles. The molecule has 0 spiro atoms. The molecule has 0 bridgehead atoms. The minimum atomic E-state index is -2.29. The molecule has 2 rings (SSSR count). The topological polar surface area (TPSA) is 150 Å². The van der Waals surface area contributed by atoms with Gasteiger partial charge < -0.3 is 9.47 Å². The summed E-state index contributed by atoms with van der Waals surface area (Å²) in [5.74, 6) is -22.2. The van der Waals surface area contributed by atoms with Crippen molar-refractivity contribution in [3.05, 3.63) is 78.6 Å². The smallest absolute Gasteiger partial charge is 0.344 e. The maximum atomic E-state index is 13.9. The van der Waals surface area contributed by atoms with E-state index in [4.69, 9.17) is 11.1 Å². The Labute approximate surface area is 180 Å². The van der Waals surface area contributed by atoms with Gasteiger partial charge in [0.2, 0.25) is 0 Å². The molecular weight excluding hydrogens is 492 g/mol. The van der Waals surface area contributed by atoms with Gasteiger partial charge >= 0.3 is 11.9 Å². The number of rotatable bonds is 7. The minimum absolute atomic E-state index is 1.13. The highest BCUT2D eigenvalue weighted by Crippen LogP contribution is 2.32. The Morgan fingerprint density at radius 2 is 0.853 bits per heavy atom. The number of esters is 2. The van der Waals surface area contributed by atoms with Crippen LogP contribution in [0, 0.1) is 46.5 Å². The van der Waals surface area contributed by atoms with Crippen LogP contribution in [0.15, 0.2) is 10.2 Å². The second-order valence-corrected chi connectivity index (χ2v) is 5.61. The molecule has 2 aromatic carbocycles. The molecule has 0 fully saturated rings. The van der Waals surface area contributed by atoms with E-state index in [1.165, 1.54) is 0 Å². The highest BCUT2D eigenvalue weighted by molar-refractivity contribution is 5.91. The first-order valence-corrected chi connectivity index (χ1v) is 8.15. The lowest BCUT2D eigenvalue weighted by molar-refractivity contribution is 0.0251. The van der Waals surface area contributed by atoms with Crippen LogP contribution in [0.5, 0.6) is 0 Å². The summed E-state index contributed by atoms with van der Waals surface area (Å²) in [5.41, 5.74) is 9.07. The highest BCUT2D eigenvalue weighted by Gasteiger charge is 2.31. The van der Waals surface area contributed by atoms with Crippen molar-refractivity contribution in [2.75, 3.05) is 13.2 Å². The number of hydrogen-bond donors (Lipinski definition) is 0.